The number of nitrogens with zero attached hydrogens (tertiary/aromatic N) is 2. The summed E-state index contributed by atoms with van der Waals surface area (Å²) in [6.45, 7) is 4.58. The van der Waals surface area contributed by atoms with Gasteiger partial charge in [-0.3, -0.25) is 4.98 Å². The van der Waals surface area contributed by atoms with Gasteiger partial charge in [-0.1, -0.05) is 113 Å². The van der Waals surface area contributed by atoms with Crippen molar-refractivity contribution < 1.29 is 0 Å². The zero-order valence-electron chi connectivity index (χ0n) is 25.0. The Hall–Kier alpha value is -3.43. The van der Waals surface area contributed by atoms with Crippen LogP contribution in [0.3, 0.4) is 0 Å². The van der Waals surface area contributed by atoms with Gasteiger partial charge in [0, 0.05) is 38.1 Å². The van der Waals surface area contributed by atoms with Crippen LogP contribution in [-0.2, 0) is 12.8 Å². The highest BCUT2D eigenvalue weighted by Gasteiger charge is 2.16. The van der Waals surface area contributed by atoms with E-state index in [1.807, 2.05) is 6.20 Å². The fourth-order valence-electron chi connectivity index (χ4n) is 6.46. The van der Waals surface area contributed by atoms with E-state index in [2.05, 4.69) is 119 Å². The number of pyridine rings is 1. The van der Waals surface area contributed by atoms with E-state index in [1.165, 1.54) is 95.4 Å². The molecule has 3 heteroatoms. The van der Waals surface area contributed by atoms with E-state index in [-0.39, 0.29) is 0 Å². The first-order valence-corrected chi connectivity index (χ1v) is 16.7. The maximum absolute atomic E-state index is 4.91. The van der Waals surface area contributed by atoms with Gasteiger partial charge in [0.15, 0.2) is 0 Å². The second kappa shape index (κ2) is 13.3. The SMILES string of the molecule is CCCCCCc1cc(CCCCCC)cc(-n2c3ccccc3c3ccc(-c4ncc(Br)c5ccccc45)cc32)c1. The number of halogens is 1. The molecular weight excluding hydrogens is 576 g/mol. The van der Waals surface area contributed by atoms with Crippen LogP contribution in [0.2, 0.25) is 0 Å². The third-order valence-electron chi connectivity index (χ3n) is 8.63. The van der Waals surface area contributed by atoms with Crippen LogP contribution in [0.1, 0.15) is 76.3 Å². The summed E-state index contributed by atoms with van der Waals surface area (Å²) in [6.07, 6.45) is 14.5. The fourth-order valence-corrected chi connectivity index (χ4v) is 6.90. The van der Waals surface area contributed by atoms with Crippen molar-refractivity contribution in [2.24, 2.45) is 0 Å². The van der Waals surface area contributed by atoms with Crippen LogP contribution >= 0.6 is 15.9 Å². The average Bonchev–Trinajstić information content (AvgIpc) is 3.35. The minimum Gasteiger partial charge on any atom is -0.309 e. The van der Waals surface area contributed by atoms with Gasteiger partial charge in [0.1, 0.15) is 0 Å². The second-order valence-electron chi connectivity index (χ2n) is 11.7. The van der Waals surface area contributed by atoms with Crippen LogP contribution < -0.4 is 0 Å². The Morgan fingerprint density at radius 2 is 1.21 bits per heavy atom. The first-order chi connectivity index (χ1) is 20.7. The predicted molar refractivity (Wildman–Crippen MR) is 185 cm³/mol. The van der Waals surface area contributed by atoms with Crippen LogP contribution in [0.25, 0.3) is 49.5 Å². The summed E-state index contributed by atoms with van der Waals surface area (Å²) in [4.78, 5) is 4.91. The Morgan fingerprint density at radius 1 is 0.595 bits per heavy atom. The number of unbranched alkanes of at least 4 members (excludes halogenated alkanes) is 6. The number of fused-ring (bicyclic) bond motifs is 4. The van der Waals surface area contributed by atoms with E-state index in [0.29, 0.717) is 0 Å². The summed E-state index contributed by atoms with van der Waals surface area (Å²) in [6, 6.07) is 31.7. The molecule has 4 aromatic carbocycles. The number of hydrogen-bond donors (Lipinski definition) is 0. The first-order valence-electron chi connectivity index (χ1n) is 15.9. The van der Waals surface area contributed by atoms with Crippen molar-refractivity contribution in [3.8, 4) is 16.9 Å². The number of rotatable bonds is 12. The molecule has 42 heavy (non-hydrogen) atoms. The number of aromatic nitrogens is 2. The third-order valence-corrected chi connectivity index (χ3v) is 9.26. The predicted octanol–water partition coefficient (Wildman–Crippen LogP) is 12.0. The first kappa shape index (κ1) is 28.7. The average molecular weight is 618 g/mol. The minimum absolute atomic E-state index is 1.02. The van der Waals surface area contributed by atoms with Gasteiger partial charge in [-0.15, -0.1) is 0 Å². The standard InChI is InChI=1S/C39H41BrN2/c1-3-5-7-9-15-28-23-29(16-10-8-6-4-2)25-31(24-28)42-37-20-14-13-18-33(37)34-22-21-30(26-38(34)42)39-35-19-12-11-17-32(35)36(40)27-41-39/h11-14,17-27H,3-10,15-16H2,1-2H3. The maximum Gasteiger partial charge on any atom is 0.0781 e. The number of hydrogen-bond acceptors (Lipinski definition) is 1. The molecule has 0 aliphatic carbocycles. The smallest absolute Gasteiger partial charge is 0.0781 e. The summed E-state index contributed by atoms with van der Waals surface area (Å²) in [5.41, 5.74) is 8.89. The third kappa shape index (κ3) is 5.90. The van der Waals surface area contributed by atoms with E-state index in [9.17, 15) is 0 Å². The molecule has 2 heterocycles. The lowest BCUT2D eigenvalue weighted by molar-refractivity contribution is 0.661. The van der Waals surface area contributed by atoms with Crippen molar-refractivity contribution in [3.05, 3.63) is 107 Å². The number of aryl methyl sites for hydroxylation is 2. The Morgan fingerprint density at radius 3 is 1.90 bits per heavy atom. The summed E-state index contributed by atoms with van der Waals surface area (Å²) in [5, 5.41) is 4.93. The quantitative estimate of drug-likeness (QED) is 0.125. The molecule has 6 rings (SSSR count). The lowest BCUT2D eigenvalue weighted by atomic mass is 9.99. The molecule has 0 saturated carbocycles. The van der Waals surface area contributed by atoms with Gasteiger partial charge in [-0.2, -0.15) is 0 Å². The molecule has 0 N–H and O–H groups in total. The van der Waals surface area contributed by atoms with Crippen molar-refractivity contribution in [1.82, 2.24) is 9.55 Å². The van der Waals surface area contributed by atoms with E-state index < -0.39 is 0 Å². The van der Waals surface area contributed by atoms with E-state index >= 15 is 0 Å². The van der Waals surface area contributed by atoms with Crippen molar-refractivity contribution in [1.29, 1.82) is 0 Å². The monoisotopic (exact) mass is 616 g/mol. The van der Waals surface area contributed by atoms with Crippen molar-refractivity contribution in [2.75, 3.05) is 0 Å². The highest BCUT2D eigenvalue weighted by atomic mass is 79.9. The lowest BCUT2D eigenvalue weighted by Gasteiger charge is -2.14. The molecule has 0 saturated heterocycles. The van der Waals surface area contributed by atoms with Crippen LogP contribution in [-0.4, -0.2) is 9.55 Å². The molecule has 0 aliphatic rings. The van der Waals surface area contributed by atoms with Crippen molar-refractivity contribution in [3.63, 3.8) is 0 Å². The van der Waals surface area contributed by atoms with Gasteiger partial charge in [-0.05, 0) is 82.4 Å². The van der Waals surface area contributed by atoms with Crippen molar-refractivity contribution >= 4 is 48.5 Å². The number of benzene rings is 4. The molecule has 2 aromatic heterocycles. The Labute approximate surface area is 258 Å². The van der Waals surface area contributed by atoms with Crippen LogP contribution in [0, 0.1) is 0 Å². The highest BCUT2D eigenvalue weighted by Crippen LogP contribution is 2.37. The zero-order chi connectivity index (χ0) is 28.9. The van der Waals surface area contributed by atoms with Gasteiger partial charge in [0.05, 0.1) is 16.7 Å². The van der Waals surface area contributed by atoms with Gasteiger partial charge in [0.2, 0.25) is 0 Å². The number of para-hydroxylation sites is 1. The van der Waals surface area contributed by atoms with Gasteiger partial charge >= 0.3 is 0 Å². The highest BCUT2D eigenvalue weighted by molar-refractivity contribution is 9.10. The normalized spacial score (nSPS) is 11.7. The Kier molecular flexibility index (Phi) is 9.05. The van der Waals surface area contributed by atoms with E-state index in [4.69, 9.17) is 4.98 Å². The van der Waals surface area contributed by atoms with Gasteiger partial charge < -0.3 is 4.57 Å². The molecule has 0 unspecified atom stereocenters. The largest absolute Gasteiger partial charge is 0.309 e. The summed E-state index contributed by atoms with van der Waals surface area (Å²) in [5.74, 6) is 0. The van der Waals surface area contributed by atoms with Crippen LogP contribution in [0.4, 0.5) is 0 Å². The maximum atomic E-state index is 4.91. The molecule has 6 aromatic rings. The zero-order valence-corrected chi connectivity index (χ0v) is 26.6. The molecule has 214 valence electrons. The Bertz CT molecular complexity index is 1800. The molecule has 0 atom stereocenters. The molecule has 0 radical (unpaired) electrons. The summed E-state index contributed by atoms with van der Waals surface area (Å²) >= 11 is 3.71. The van der Waals surface area contributed by atoms with Crippen molar-refractivity contribution in [2.45, 2.75) is 78.1 Å². The molecule has 0 bridgehead atoms. The minimum atomic E-state index is 1.02. The summed E-state index contributed by atoms with van der Waals surface area (Å²) < 4.78 is 3.53. The molecular formula is C39H41BrN2. The molecule has 0 spiro atoms. The fraction of sp³-hybridized carbons (Fsp3) is 0.308. The Balaban J connectivity index is 1.51. The van der Waals surface area contributed by atoms with E-state index in [0.717, 1.165) is 34.0 Å². The van der Waals surface area contributed by atoms with Gasteiger partial charge in [-0.25, -0.2) is 0 Å². The molecule has 0 amide bonds. The second-order valence-corrected chi connectivity index (χ2v) is 12.6. The molecule has 2 nitrogen and oxygen atoms in total. The summed E-state index contributed by atoms with van der Waals surface area (Å²) in [7, 11) is 0. The lowest BCUT2D eigenvalue weighted by Crippen LogP contribution is -1.99. The van der Waals surface area contributed by atoms with E-state index in [1.54, 1.807) is 0 Å². The topological polar surface area (TPSA) is 17.8 Å². The van der Waals surface area contributed by atoms with Crippen LogP contribution in [0.15, 0.2) is 95.6 Å². The molecule has 0 fully saturated rings. The molecule has 0 aliphatic heterocycles. The van der Waals surface area contributed by atoms with Gasteiger partial charge in [0.25, 0.3) is 0 Å². The van der Waals surface area contributed by atoms with Crippen LogP contribution in [0.5, 0.6) is 0 Å².